The van der Waals surface area contributed by atoms with Gasteiger partial charge >= 0.3 is 18.1 Å². The van der Waals surface area contributed by atoms with Gasteiger partial charge in [0.15, 0.2) is 11.5 Å². The number of unbranched alkanes of at least 4 members (excludes halogenated alkanes) is 1. The summed E-state index contributed by atoms with van der Waals surface area (Å²) in [7, 11) is 1.36. The summed E-state index contributed by atoms with van der Waals surface area (Å²) in [5.41, 5.74) is 0.0569. The smallest absolute Gasteiger partial charge is 0.416 e. The maximum Gasteiger partial charge on any atom is 0.416 e. The second kappa shape index (κ2) is 22.8. The van der Waals surface area contributed by atoms with E-state index in [2.05, 4.69) is 10.2 Å². The number of halogens is 3. The minimum Gasteiger partial charge on any atom is -0.493 e. The second-order valence-electron chi connectivity index (χ2n) is 13.6. The third kappa shape index (κ3) is 15.5. The Morgan fingerprint density at radius 3 is 2.50 bits per heavy atom. The highest BCUT2D eigenvalue weighted by molar-refractivity contribution is 5.89. The standard InChI is InChI=1S/C42H45F3N2O13/c1-56-38-21-27(15-19-40(52)59-32-11-6-8-28(20-32)25-58-47(54)55)14-18-37(38)60-41(53)24-46-39(51)13-5-3-2-4-12-33-34(36(50)23-35(33)49)17-16-30(48)26-57-31-10-7-9-29(22-31)42(43,44)45/h2,4,6-11,14-22,30,33-36,48-50H,3,5,12-13,23-26H2,1H3,(H,46,51)/t30-,33-,34-,35+,36-/m1/s1. The van der Waals surface area contributed by atoms with Gasteiger partial charge in [0, 0.05) is 24.8 Å². The van der Waals surface area contributed by atoms with Crippen LogP contribution in [0.2, 0.25) is 0 Å². The van der Waals surface area contributed by atoms with Gasteiger partial charge in [-0.05, 0) is 84.8 Å². The number of aliphatic hydroxyl groups excluding tert-OH is 3. The van der Waals surface area contributed by atoms with Crippen molar-refractivity contribution in [1.29, 1.82) is 0 Å². The first-order valence-corrected chi connectivity index (χ1v) is 18.7. The van der Waals surface area contributed by atoms with E-state index in [0.29, 0.717) is 30.4 Å². The number of hydrogen-bond donors (Lipinski definition) is 4. The van der Waals surface area contributed by atoms with E-state index < -0.39 is 59.5 Å². The summed E-state index contributed by atoms with van der Waals surface area (Å²) >= 11 is 0. The SMILES string of the molecule is COc1cc(C=CC(=O)Oc2cccc(CO[N+](=O)[O-])c2)ccc1OC(=O)CNC(=O)CCCC=CC[C@@H]1[C@@H](C=C[C@@H](O)COc2cccc(C(F)(F)F)c2)[C@H](O)C[C@@H]1O. The minimum atomic E-state index is -4.53. The summed E-state index contributed by atoms with van der Waals surface area (Å²) < 4.78 is 60.0. The number of rotatable bonds is 21. The number of nitrogens with zero attached hydrogens (tertiary/aromatic N) is 1. The van der Waals surface area contributed by atoms with Crippen molar-refractivity contribution in [3.63, 3.8) is 0 Å². The van der Waals surface area contributed by atoms with Crippen LogP contribution >= 0.6 is 0 Å². The van der Waals surface area contributed by atoms with Crippen LogP contribution in [-0.2, 0) is 32.0 Å². The van der Waals surface area contributed by atoms with Crippen molar-refractivity contribution >= 4 is 23.9 Å². The average Bonchev–Trinajstić information content (AvgIpc) is 3.48. The van der Waals surface area contributed by atoms with E-state index in [-0.39, 0.29) is 60.9 Å². The minimum absolute atomic E-state index is 0.0547. The van der Waals surface area contributed by atoms with Gasteiger partial charge in [-0.1, -0.05) is 48.6 Å². The molecule has 1 amide bonds. The Labute approximate surface area is 342 Å². The second-order valence-corrected chi connectivity index (χ2v) is 13.6. The van der Waals surface area contributed by atoms with E-state index in [1.165, 1.54) is 55.7 Å². The van der Waals surface area contributed by atoms with Gasteiger partial charge in [0.2, 0.25) is 5.91 Å². The molecule has 322 valence electrons. The lowest BCUT2D eigenvalue weighted by Crippen LogP contribution is -2.31. The number of aliphatic hydroxyl groups is 3. The Balaban J connectivity index is 1.14. The van der Waals surface area contributed by atoms with Crippen LogP contribution in [0.25, 0.3) is 6.08 Å². The van der Waals surface area contributed by atoms with Gasteiger partial charge in [-0.25, -0.2) is 9.59 Å². The predicted octanol–water partition coefficient (Wildman–Crippen LogP) is 5.53. The summed E-state index contributed by atoms with van der Waals surface area (Å²) in [5, 5.41) is 43.3. The molecule has 3 aromatic rings. The van der Waals surface area contributed by atoms with Gasteiger partial charge in [0.1, 0.15) is 37.4 Å². The molecule has 3 aromatic carbocycles. The number of methoxy groups -OCH3 is 1. The Hall–Kier alpha value is -6.24. The molecule has 0 aromatic heterocycles. The summed E-state index contributed by atoms with van der Waals surface area (Å²) in [6.07, 6.45) is 3.45. The molecule has 4 N–H and O–H groups in total. The quantitative estimate of drug-likeness (QED) is 0.0198. The Morgan fingerprint density at radius 2 is 1.75 bits per heavy atom. The van der Waals surface area contributed by atoms with Crippen LogP contribution < -0.4 is 24.3 Å². The van der Waals surface area contributed by atoms with Crippen molar-refractivity contribution in [3.8, 4) is 23.0 Å². The fourth-order valence-electron chi connectivity index (χ4n) is 6.14. The number of benzene rings is 3. The molecule has 1 saturated carbocycles. The predicted molar refractivity (Wildman–Crippen MR) is 208 cm³/mol. The zero-order valence-corrected chi connectivity index (χ0v) is 32.4. The molecule has 1 aliphatic rings. The Bertz CT molecular complexity index is 2020. The lowest BCUT2D eigenvalue weighted by Gasteiger charge is -2.19. The summed E-state index contributed by atoms with van der Waals surface area (Å²) in [4.78, 5) is 51.9. The van der Waals surface area contributed by atoms with E-state index >= 15 is 0 Å². The van der Waals surface area contributed by atoms with Crippen molar-refractivity contribution < 1.29 is 71.7 Å². The number of carbonyl (C=O) groups is 3. The molecule has 0 radical (unpaired) electrons. The molecule has 4 rings (SSSR count). The molecule has 0 bridgehead atoms. The molecule has 0 spiro atoms. The molecular formula is C42H45F3N2O13. The van der Waals surface area contributed by atoms with Gasteiger partial charge in [0.25, 0.3) is 5.09 Å². The number of nitrogens with one attached hydrogen (secondary N) is 1. The molecule has 18 heteroatoms. The monoisotopic (exact) mass is 842 g/mol. The largest absolute Gasteiger partial charge is 0.493 e. The van der Waals surface area contributed by atoms with Crippen LogP contribution in [0.3, 0.4) is 0 Å². The molecule has 5 atom stereocenters. The van der Waals surface area contributed by atoms with E-state index in [1.54, 1.807) is 24.3 Å². The van der Waals surface area contributed by atoms with Crippen molar-refractivity contribution in [2.45, 2.75) is 63.2 Å². The molecule has 0 unspecified atom stereocenters. The molecule has 15 nitrogen and oxygen atoms in total. The fourth-order valence-corrected chi connectivity index (χ4v) is 6.14. The van der Waals surface area contributed by atoms with Crippen molar-refractivity contribution in [2.75, 3.05) is 20.3 Å². The van der Waals surface area contributed by atoms with Crippen LogP contribution in [0.5, 0.6) is 23.0 Å². The van der Waals surface area contributed by atoms with Gasteiger partial charge in [-0.15, -0.1) is 10.1 Å². The van der Waals surface area contributed by atoms with Crippen LogP contribution in [-0.4, -0.2) is 76.8 Å². The maximum absolute atomic E-state index is 13.0. The number of alkyl halides is 3. The average molecular weight is 843 g/mol. The van der Waals surface area contributed by atoms with Gasteiger partial charge in [-0.3, -0.25) is 4.79 Å². The number of ether oxygens (including phenoxy) is 4. The van der Waals surface area contributed by atoms with Crippen LogP contribution in [0, 0.1) is 22.0 Å². The number of esters is 2. The highest BCUT2D eigenvalue weighted by Crippen LogP contribution is 2.37. The van der Waals surface area contributed by atoms with E-state index in [4.69, 9.17) is 18.9 Å². The Kier molecular flexibility index (Phi) is 17.6. The van der Waals surface area contributed by atoms with Gasteiger partial charge in [0.05, 0.1) is 24.9 Å². The molecule has 60 heavy (non-hydrogen) atoms. The third-order valence-corrected chi connectivity index (χ3v) is 9.11. The van der Waals surface area contributed by atoms with Gasteiger partial charge < -0.3 is 44.4 Å². The summed E-state index contributed by atoms with van der Waals surface area (Å²) in [5.74, 6) is -2.36. The fraction of sp³-hybridized carbons (Fsp3) is 0.357. The highest BCUT2D eigenvalue weighted by Gasteiger charge is 2.39. The van der Waals surface area contributed by atoms with Crippen molar-refractivity contribution in [2.24, 2.45) is 11.8 Å². The van der Waals surface area contributed by atoms with E-state index in [9.17, 15) is 53.0 Å². The first-order chi connectivity index (χ1) is 28.6. The third-order valence-electron chi connectivity index (χ3n) is 9.11. The molecule has 1 fully saturated rings. The number of hydrogen-bond acceptors (Lipinski definition) is 13. The summed E-state index contributed by atoms with van der Waals surface area (Å²) in [6, 6.07) is 14.9. The van der Waals surface area contributed by atoms with E-state index in [1.807, 2.05) is 12.2 Å². The van der Waals surface area contributed by atoms with Crippen molar-refractivity contribution in [1.82, 2.24) is 5.32 Å². The highest BCUT2D eigenvalue weighted by atomic mass is 19.4. The van der Waals surface area contributed by atoms with Crippen LogP contribution in [0.4, 0.5) is 13.2 Å². The Morgan fingerprint density at radius 1 is 0.983 bits per heavy atom. The molecule has 0 aliphatic heterocycles. The van der Waals surface area contributed by atoms with Gasteiger partial charge in [-0.2, -0.15) is 13.2 Å². The lowest BCUT2D eigenvalue weighted by atomic mass is 9.89. The number of allylic oxidation sites excluding steroid dienone is 2. The number of carbonyl (C=O) groups excluding carboxylic acids is 3. The molecular weight excluding hydrogens is 797 g/mol. The first kappa shape index (κ1) is 46.4. The van der Waals surface area contributed by atoms with E-state index in [0.717, 1.165) is 18.2 Å². The van der Waals surface area contributed by atoms with Crippen LogP contribution in [0.15, 0.2) is 97.1 Å². The number of amides is 1. The molecule has 0 saturated heterocycles. The molecule has 0 heterocycles. The zero-order valence-electron chi connectivity index (χ0n) is 32.4. The maximum atomic E-state index is 13.0. The normalized spacial score (nSPS) is 18.4. The van der Waals surface area contributed by atoms with Crippen LogP contribution in [0.1, 0.15) is 48.8 Å². The lowest BCUT2D eigenvalue weighted by molar-refractivity contribution is -0.763. The zero-order chi connectivity index (χ0) is 43.7. The summed E-state index contributed by atoms with van der Waals surface area (Å²) in [6.45, 7) is -1.03. The first-order valence-electron chi connectivity index (χ1n) is 18.7. The topological polar surface area (TPSA) is 213 Å². The van der Waals surface area contributed by atoms with Crippen molar-refractivity contribution in [3.05, 3.63) is 124 Å². The molecule has 1 aliphatic carbocycles.